The first-order chi connectivity index (χ1) is 8.72. The second-order valence-electron chi connectivity index (χ2n) is 5.03. The first-order valence-corrected chi connectivity index (χ1v) is 7.01. The molecule has 5 nitrogen and oxygen atoms in total. The highest BCUT2D eigenvalue weighted by molar-refractivity contribution is 5.75. The molecule has 0 aromatic heterocycles. The van der Waals surface area contributed by atoms with Gasteiger partial charge in [-0.25, -0.2) is 0 Å². The molecule has 1 heterocycles. The summed E-state index contributed by atoms with van der Waals surface area (Å²) in [7, 11) is 2.16. The summed E-state index contributed by atoms with van der Waals surface area (Å²) in [6.07, 6.45) is 3.06. The lowest BCUT2D eigenvalue weighted by atomic mass is 10.2. The third-order valence-corrected chi connectivity index (χ3v) is 3.38. The van der Waals surface area contributed by atoms with Crippen molar-refractivity contribution in [3.8, 4) is 0 Å². The van der Waals surface area contributed by atoms with Gasteiger partial charge in [-0.1, -0.05) is 0 Å². The van der Waals surface area contributed by atoms with Crippen molar-refractivity contribution in [1.29, 1.82) is 0 Å². The number of aliphatic hydroxyl groups is 1. The molecule has 5 heteroatoms. The molecule has 106 valence electrons. The van der Waals surface area contributed by atoms with Crippen molar-refractivity contribution in [3.63, 3.8) is 0 Å². The molecule has 1 saturated heterocycles. The second-order valence-corrected chi connectivity index (χ2v) is 5.03. The molecule has 18 heavy (non-hydrogen) atoms. The van der Waals surface area contributed by atoms with Crippen LogP contribution in [-0.4, -0.2) is 73.7 Å². The maximum atomic E-state index is 11.4. The average Bonchev–Trinajstić information content (AvgIpc) is 2.37. The SMILES string of the molecule is CN1CCN(CCCNC(=O)CCCCO)CC1. The first-order valence-electron chi connectivity index (χ1n) is 7.01. The molecule has 1 rings (SSSR count). The number of likely N-dealkylation sites (N-methyl/N-ethyl adjacent to an activating group) is 1. The van der Waals surface area contributed by atoms with Crippen LogP contribution in [0.15, 0.2) is 0 Å². The van der Waals surface area contributed by atoms with Crippen molar-refractivity contribution >= 4 is 5.91 Å². The molecular formula is C13H27N3O2. The quantitative estimate of drug-likeness (QED) is 0.596. The van der Waals surface area contributed by atoms with E-state index in [1.807, 2.05) is 0 Å². The Bertz CT molecular complexity index is 228. The second kappa shape index (κ2) is 9.30. The number of carbonyl (C=O) groups is 1. The standard InChI is InChI=1S/C13H27N3O2/c1-15-8-10-16(11-9-15)7-4-6-14-13(18)5-2-3-12-17/h17H,2-12H2,1H3,(H,14,18). The van der Waals surface area contributed by atoms with Gasteiger partial charge in [-0.2, -0.15) is 0 Å². The molecule has 0 bridgehead atoms. The van der Waals surface area contributed by atoms with Gasteiger partial charge in [0.15, 0.2) is 0 Å². The molecule has 1 amide bonds. The summed E-state index contributed by atoms with van der Waals surface area (Å²) in [5.74, 6) is 0.113. The van der Waals surface area contributed by atoms with E-state index in [0.717, 1.165) is 52.1 Å². The van der Waals surface area contributed by atoms with Crippen molar-refractivity contribution in [2.45, 2.75) is 25.7 Å². The summed E-state index contributed by atoms with van der Waals surface area (Å²) in [5.41, 5.74) is 0. The van der Waals surface area contributed by atoms with Crippen LogP contribution in [0.2, 0.25) is 0 Å². The van der Waals surface area contributed by atoms with Crippen LogP contribution in [0.25, 0.3) is 0 Å². The molecule has 0 aromatic rings. The zero-order valence-corrected chi connectivity index (χ0v) is 11.5. The summed E-state index contributed by atoms with van der Waals surface area (Å²) in [5, 5.41) is 11.5. The van der Waals surface area contributed by atoms with Gasteiger partial charge in [-0.05, 0) is 32.9 Å². The molecule has 0 saturated carbocycles. The van der Waals surface area contributed by atoms with Gasteiger partial charge in [0.2, 0.25) is 5.91 Å². The Hall–Kier alpha value is -0.650. The number of carbonyl (C=O) groups excluding carboxylic acids is 1. The third-order valence-electron chi connectivity index (χ3n) is 3.38. The molecule has 0 aromatic carbocycles. The Balaban J connectivity index is 1.93. The topological polar surface area (TPSA) is 55.8 Å². The summed E-state index contributed by atoms with van der Waals surface area (Å²) in [4.78, 5) is 16.2. The molecule has 0 radical (unpaired) electrons. The molecule has 0 unspecified atom stereocenters. The van der Waals surface area contributed by atoms with Crippen molar-refractivity contribution in [1.82, 2.24) is 15.1 Å². The monoisotopic (exact) mass is 257 g/mol. The van der Waals surface area contributed by atoms with E-state index in [1.54, 1.807) is 0 Å². The van der Waals surface area contributed by atoms with Gasteiger partial charge in [-0.15, -0.1) is 0 Å². The molecule has 1 fully saturated rings. The van der Waals surface area contributed by atoms with Gasteiger partial charge >= 0.3 is 0 Å². The molecule has 2 N–H and O–H groups in total. The van der Waals surface area contributed by atoms with Gasteiger partial charge in [0.05, 0.1) is 0 Å². The maximum absolute atomic E-state index is 11.4. The lowest BCUT2D eigenvalue weighted by molar-refractivity contribution is -0.121. The van der Waals surface area contributed by atoms with Crippen molar-refractivity contribution in [2.75, 3.05) is 52.9 Å². The summed E-state index contributed by atoms with van der Waals surface area (Å²) < 4.78 is 0. The smallest absolute Gasteiger partial charge is 0.219 e. The molecule has 0 aliphatic carbocycles. The van der Waals surface area contributed by atoms with Crippen LogP contribution in [0.5, 0.6) is 0 Å². The van der Waals surface area contributed by atoms with E-state index in [0.29, 0.717) is 12.8 Å². The fraction of sp³-hybridized carbons (Fsp3) is 0.923. The maximum Gasteiger partial charge on any atom is 0.219 e. The van der Waals surface area contributed by atoms with E-state index >= 15 is 0 Å². The number of hydrogen-bond acceptors (Lipinski definition) is 4. The van der Waals surface area contributed by atoms with Crippen LogP contribution in [0.4, 0.5) is 0 Å². The predicted octanol–water partition coefficient (Wildman–Crippen LogP) is -0.0973. The van der Waals surface area contributed by atoms with Crippen LogP contribution >= 0.6 is 0 Å². The lowest BCUT2D eigenvalue weighted by Crippen LogP contribution is -2.45. The Labute approximate surface area is 110 Å². The Kier molecular flexibility index (Phi) is 7.96. The highest BCUT2D eigenvalue weighted by Crippen LogP contribution is 1.99. The van der Waals surface area contributed by atoms with E-state index in [-0.39, 0.29) is 12.5 Å². The van der Waals surface area contributed by atoms with Gasteiger partial charge in [0.1, 0.15) is 0 Å². The number of hydrogen-bond donors (Lipinski definition) is 2. The Morgan fingerprint density at radius 2 is 1.89 bits per heavy atom. The number of amides is 1. The average molecular weight is 257 g/mol. The Morgan fingerprint density at radius 3 is 2.56 bits per heavy atom. The Morgan fingerprint density at radius 1 is 1.17 bits per heavy atom. The van der Waals surface area contributed by atoms with E-state index in [4.69, 9.17) is 5.11 Å². The summed E-state index contributed by atoms with van der Waals surface area (Å²) in [6, 6.07) is 0. The fourth-order valence-electron chi connectivity index (χ4n) is 2.09. The van der Waals surface area contributed by atoms with Crippen LogP contribution in [-0.2, 0) is 4.79 Å². The van der Waals surface area contributed by atoms with E-state index in [9.17, 15) is 4.79 Å². The highest BCUT2D eigenvalue weighted by atomic mass is 16.3. The van der Waals surface area contributed by atoms with E-state index in [1.165, 1.54) is 0 Å². The van der Waals surface area contributed by atoms with E-state index < -0.39 is 0 Å². The van der Waals surface area contributed by atoms with Gasteiger partial charge in [0, 0.05) is 45.8 Å². The van der Waals surface area contributed by atoms with Crippen LogP contribution in [0, 0.1) is 0 Å². The number of nitrogens with one attached hydrogen (secondary N) is 1. The van der Waals surface area contributed by atoms with Crippen molar-refractivity contribution < 1.29 is 9.90 Å². The lowest BCUT2D eigenvalue weighted by Gasteiger charge is -2.32. The minimum atomic E-state index is 0.113. The minimum absolute atomic E-state index is 0.113. The number of unbranched alkanes of at least 4 members (excludes halogenated alkanes) is 1. The van der Waals surface area contributed by atoms with E-state index in [2.05, 4.69) is 22.2 Å². The van der Waals surface area contributed by atoms with Crippen LogP contribution in [0.3, 0.4) is 0 Å². The van der Waals surface area contributed by atoms with Gasteiger partial charge in [-0.3, -0.25) is 4.79 Å². The fourth-order valence-corrected chi connectivity index (χ4v) is 2.09. The van der Waals surface area contributed by atoms with Crippen molar-refractivity contribution in [3.05, 3.63) is 0 Å². The van der Waals surface area contributed by atoms with Gasteiger partial charge in [0.25, 0.3) is 0 Å². The minimum Gasteiger partial charge on any atom is -0.396 e. The molecule has 0 atom stereocenters. The molecule has 0 spiro atoms. The zero-order chi connectivity index (χ0) is 13.2. The normalized spacial score (nSPS) is 17.9. The number of rotatable bonds is 8. The summed E-state index contributed by atoms with van der Waals surface area (Å²) >= 11 is 0. The number of piperazine rings is 1. The van der Waals surface area contributed by atoms with Crippen LogP contribution < -0.4 is 5.32 Å². The molecule has 1 aliphatic heterocycles. The zero-order valence-electron chi connectivity index (χ0n) is 11.5. The predicted molar refractivity (Wildman–Crippen MR) is 72.5 cm³/mol. The number of aliphatic hydroxyl groups excluding tert-OH is 1. The number of nitrogens with zero attached hydrogens (tertiary/aromatic N) is 2. The largest absolute Gasteiger partial charge is 0.396 e. The molecular weight excluding hydrogens is 230 g/mol. The van der Waals surface area contributed by atoms with Gasteiger partial charge < -0.3 is 20.2 Å². The van der Waals surface area contributed by atoms with Crippen molar-refractivity contribution in [2.24, 2.45) is 0 Å². The highest BCUT2D eigenvalue weighted by Gasteiger charge is 2.12. The third kappa shape index (κ3) is 6.93. The summed E-state index contributed by atoms with van der Waals surface area (Å²) in [6.45, 7) is 6.59. The molecule has 1 aliphatic rings. The van der Waals surface area contributed by atoms with Crippen LogP contribution in [0.1, 0.15) is 25.7 Å². The first kappa shape index (κ1) is 15.4.